The first-order valence-corrected chi connectivity index (χ1v) is 3.24. The molecule has 0 spiro atoms. The van der Waals surface area contributed by atoms with E-state index in [4.69, 9.17) is 0 Å². The van der Waals surface area contributed by atoms with Crippen LogP contribution in [0, 0.1) is 5.92 Å². The van der Waals surface area contributed by atoms with Gasteiger partial charge in [0.1, 0.15) is 6.29 Å². The van der Waals surface area contributed by atoms with E-state index in [0.717, 1.165) is 6.29 Å². The van der Waals surface area contributed by atoms with Crippen LogP contribution < -0.4 is 0 Å². The van der Waals surface area contributed by atoms with Crippen LogP contribution in [-0.2, 0) is 9.59 Å². The average Bonchev–Trinajstić information content (AvgIpc) is 1.87. The number of nitrogens with zero attached hydrogens (tertiary/aromatic N) is 1. The first-order chi connectivity index (χ1) is 4.59. The summed E-state index contributed by atoms with van der Waals surface area (Å²) in [7, 11) is 3.37. The molecular weight excluding hydrogens is 130 g/mol. The van der Waals surface area contributed by atoms with Crippen LogP contribution in [0.5, 0.6) is 0 Å². The van der Waals surface area contributed by atoms with Crippen molar-refractivity contribution in [2.24, 2.45) is 5.92 Å². The first-order valence-electron chi connectivity index (χ1n) is 3.24. The second kappa shape index (κ2) is 4.04. The smallest absolute Gasteiger partial charge is 0.225 e. The fourth-order valence-electron chi connectivity index (χ4n) is 0.686. The summed E-state index contributed by atoms with van der Waals surface area (Å²) in [5.74, 6) is -0.167. The molecule has 0 heterocycles. The van der Waals surface area contributed by atoms with Gasteiger partial charge in [-0.25, -0.2) is 0 Å². The van der Waals surface area contributed by atoms with E-state index >= 15 is 0 Å². The minimum absolute atomic E-state index is 0.00657. The van der Waals surface area contributed by atoms with E-state index in [9.17, 15) is 9.59 Å². The molecule has 0 rings (SSSR count). The van der Waals surface area contributed by atoms with Crippen LogP contribution in [0.15, 0.2) is 0 Å². The van der Waals surface area contributed by atoms with Crippen molar-refractivity contribution in [3.8, 4) is 0 Å². The maximum atomic E-state index is 11.0. The summed E-state index contributed by atoms with van der Waals surface area (Å²) in [6.07, 6.45) is 1.09. The Bertz CT molecular complexity index is 132. The lowest BCUT2D eigenvalue weighted by Gasteiger charge is -2.13. The maximum Gasteiger partial charge on any atom is 0.225 e. The van der Waals surface area contributed by atoms with Gasteiger partial charge in [-0.1, -0.05) is 6.92 Å². The summed E-state index contributed by atoms with van der Waals surface area (Å²) in [5, 5.41) is 0. The molecule has 0 aliphatic carbocycles. The molecule has 1 unspecified atom stereocenters. The lowest BCUT2D eigenvalue weighted by molar-refractivity contribution is -0.133. The second-order valence-electron chi connectivity index (χ2n) is 2.54. The van der Waals surface area contributed by atoms with E-state index in [1.54, 1.807) is 21.0 Å². The maximum absolute atomic E-state index is 11.0. The summed E-state index contributed by atoms with van der Waals surface area (Å²) in [6.45, 7) is 1.75. The van der Waals surface area contributed by atoms with Gasteiger partial charge in [0.05, 0.1) is 0 Å². The van der Waals surface area contributed by atoms with Crippen molar-refractivity contribution in [2.75, 3.05) is 14.1 Å². The minimum atomic E-state index is -0.174. The molecule has 0 aromatic carbocycles. The summed E-state index contributed by atoms with van der Waals surface area (Å²) < 4.78 is 0. The third-order valence-corrected chi connectivity index (χ3v) is 1.31. The summed E-state index contributed by atoms with van der Waals surface area (Å²) in [6, 6.07) is 0. The molecule has 0 aliphatic rings. The molecule has 0 bridgehead atoms. The van der Waals surface area contributed by atoms with Gasteiger partial charge in [-0.2, -0.15) is 0 Å². The molecule has 0 N–H and O–H groups in total. The van der Waals surface area contributed by atoms with Crippen LogP contribution in [0.25, 0.3) is 0 Å². The fraction of sp³-hybridized carbons (Fsp3) is 0.714. The zero-order chi connectivity index (χ0) is 8.15. The van der Waals surface area contributed by atoms with Crippen LogP contribution in [0.1, 0.15) is 13.3 Å². The van der Waals surface area contributed by atoms with Crippen molar-refractivity contribution in [1.82, 2.24) is 4.90 Å². The SMILES string of the molecule is CC(CC=O)C(=O)N(C)C. The molecular formula is C7H13NO2. The van der Waals surface area contributed by atoms with E-state index in [1.807, 2.05) is 0 Å². The number of amides is 1. The van der Waals surface area contributed by atoms with Crippen molar-refractivity contribution >= 4 is 12.2 Å². The van der Waals surface area contributed by atoms with E-state index in [1.165, 1.54) is 4.90 Å². The summed E-state index contributed by atoms with van der Waals surface area (Å²) >= 11 is 0. The molecule has 58 valence electrons. The Balaban J connectivity index is 3.81. The van der Waals surface area contributed by atoms with Crippen molar-refractivity contribution in [2.45, 2.75) is 13.3 Å². The second-order valence-corrected chi connectivity index (χ2v) is 2.54. The quantitative estimate of drug-likeness (QED) is 0.533. The average molecular weight is 143 g/mol. The van der Waals surface area contributed by atoms with Gasteiger partial charge in [0, 0.05) is 26.4 Å². The summed E-state index contributed by atoms with van der Waals surface area (Å²) in [4.78, 5) is 22.5. The van der Waals surface area contributed by atoms with Crippen molar-refractivity contribution in [3.05, 3.63) is 0 Å². The predicted molar refractivity (Wildman–Crippen MR) is 38.5 cm³/mol. The van der Waals surface area contributed by atoms with Gasteiger partial charge in [-0.15, -0.1) is 0 Å². The number of rotatable bonds is 3. The summed E-state index contributed by atoms with van der Waals surface area (Å²) in [5.41, 5.74) is 0. The Hall–Kier alpha value is -0.860. The first kappa shape index (κ1) is 9.14. The van der Waals surface area contributed by atoms with Crippen molar-refractivity contribution in [1.29, 1.82) is 0 Å². The van der Waals surface area contributed by atoms with E-state index in [2.05, 4.69) is 0 Å². The Morgan fingerprint density at radius 2 is 2.10 bits per heavy atom. The zero-order valence-corrected chi connectivity index (χ0v) is 6.63. The highest BCUT2D eigenvalue weighted by molar-refractivity contribution is 5.80. The Morgan fingerprint density at radius 1 is 1.60 bits per heavy atom. The van der Waals surface area contributed by atoms with Gasteiger partial charge in [0.15, 0.2) is 0 Å². The highest BCUT2D eigenvalue weighted by Gasteiger charge is 2.12. The molecule has 1 amide bonds. The topological polar surface area (TPSA) is 37.4 Å². The van der Waals surface area contributed by atoms with Gasteiger partial charge in [-0.05, 0) is 0 Å². The molecule has 0 aliphatic heterocycles. The van der Waals surface area contributed by atoms with Crippen LogP contribution in [0.2, 0.25) is 0 Å². The molecule has 0 aromatic heterocycles. The van der Waals surface area contributed by atoms with Gasteiger partial charge < -0.3 is 9.69 Å². The third kappa shape index (κ3) is 2.62. The molecule has 0 saturated carbocycles. The molecule has 0 fully saturated rings. The Morgan fingerprint density at radius 3 is 2.40 bits per heavy atom. The molecule has 0 saturated heterocycles. The minimum Gasteiger partial charge on any atom is -0.349 e. The number of aldehydes is 1. The highest BCUT2D eigenvalue weighted by Crippen LogP contribution is 2.01. The standard InChI is InChI=1S/C7H13NO2/c1-6(4-5-9)7(10)8(2)3/h5-6H,4H2,1-3H3. The van der Waals surface area contributed by atoms with E-state index < -0.39 is 0 Å². The molecule has 10 heavy (non-hydrogen) atoms. The lowest BCUT2D eigenvalue weighted by atomic mass is 10.1. The van der Waals surface area contributed by atoms with Crippen molar-refractivity contribution < 1.29 is 9.59 Å². The third-order valence-electron chi connectivity index (χ3n) is 1.31. The van der Waals surface area contributed by atoms with Gasteiger partial charge in [-0.3, -0.25) is 4.79 Å². The molecule has 1 atom stereocenters. The molecule has 3 nitrogen and oxygen atoms in total. The predicted octanol–water partition coefficient (Wildman–Crippen LogP) is 0.300. The highest BCUT2D eigenvalue weighted by atomic mass is 16.2. The fourth-order valence-corrected chi connectivity index (χ4v) is 0.686. The number of hydrogen-bond donors (Lipinski definition) is 0. The largest absolute Gasteiger partial charge is 0.349 e. The number of hydrogen-bond acceptors (Lipinski definition) is 2. The van der Waals surface area contributed by atoms with Gasteiger partial charge in [0.2, 0.25) is 5.91 Å². The Labute approximate surface area is 61.0 Å². The number of carbonyl (C=O) groups excluding carboxylic acids is 2. The zero-order valence-electron chi connectivity index (χ0n) is 6.63. The Kier molecular flexibility index (Phi) is 3.69. The van der Waals surface area contributed by atoms with E-state index in [-0.39, 0.29) is 11.8 Å². The van der Waals surface area contributed by atoms with Crippen LogP contribution >= 0.6 is 0 Å². The van der Waals surface area contributed by atoms with Gasteiger partial charge >= 0.3 is 0 Å². The number of carbonyl (C=O) groups is 2. The van der Waals surface area contributed by atoms with Crippen LogP contribution in [-0.4, -0.2) is 31.2 Å². The van der Waals surface area contributed by atoms with E-state index in [0.29, 0.717) is 6.42 Å². The van der Waals surface area contributed by atoms with Crippen LogP contribution in [0.3, 0.4) is 0 Å². The molecule has 0 aromatic rings. The van der Waals surface area contributed by atoms with Crippen molar-refractivity contribution in [3.63, 3.8) is 0 Å². The monoisotopic (exact) mass is 143 g/mol. The lowest BCUT2D eigenvalue weighted by Crippen LogP contribution is -2.28. The van der Waals surface area contributed by atoms with Gasteiger partial charge in [0.25, 0.3) is 0 Å². The normalized spacial score (nSPS) is 12.3. The molecule has 3 heteroatoms. The molecule has 0 radical (unpaired) electrons. The van der Waals surface area contributed by atoms with Crippen LogP contribution in [0.4, 0.5) is 0 Å².